The van der Waals surface area contributed by atoms with E-state index in [1.54, 1.807) is 45.1 Å². The van der Waals surface area contributed by atoms with Gasteiger partial charge in [-0.3, -0.25) is 14.4 Å². The summed E-state index contributed by atoms with van der Waals surface area (Å²) >= 11 is 0. The first-order chi connectivity index (χ1) is 29.4. The predicted molar refractivity (Wildman–Crippen MR) is 226 cm³/mol. The van der Waals surface area contributed by atoms with Gasteiger partial charge in [0.2, 0.25) is 17.7 Å². The van der Waals surface area contributed by atoms with Crippen molar-refractivity contribution in [2.75, 3.05) is 47.3 Å². The molecule has 6 unspecified atom stereocenters. The van der Waals surface area contributed by atoms with Crippen molar-refractivity contribution in [2.45, 2.75) is 108 Å². The van der Waals surface area contributed by atoms with Crippen molar-refractivity contribution >= 4 is 45.9 Å². The van der Waals surface area contributed by atoms with Gasteiger partial charge < -0.3 is 45.4 Å². The molecule has 0 bridgehead atoms. The number of rotatable bonds is 15. The van der Waals surface area contributed by atoms with Crippen molar-refractivity contribution in [1.29, 1.82) is 0 Å². The average molecular weight is 854 g/mol. The van der Waals surface area contributed by atoms with Gasteiger partial charge in [0, 0.05) is 42.4 Å². The monoisotopic (exact) mass is 853 g/mol. The molecule has 5 N–H and O–H groups in total. The fourth-order valence-electron chi connectivity index (χ4n) is 9.42. The molecule has 2 aromatic heterocycles. The lowest BCUT2D eigenvalue weighted by Gasteiger charge is -2.34. The van der Waals surface area contributed by atoms with Crippen LogP contribution in [-0.4, -0.2) is 132 Å². The zero-order valence-electron chi connectivity index (χ0n) is 35.4. The number of H-pyrrole nitrogens is 1. The van der Waals surface area contributed by atoms with Gasteiger partial charge in [-0.15, -0.1) is 0 Å². The molecule has 4 heterocycles. The molecule has 1 saturated carbocycles. The van der Waals surface area contributed by atoms with Gasteiger partial charge in [-0.2, -0.15) is 0 Å². The number of likely N-dealkylation sites (N-methyl/N-ethyl adjacent to an activating group) is 3. The first-order valence-corrected chi connectivity index (χ1v) is 21.5. The highest BCUT2D eigenvalue weighted by Gasteiger charge is 2.42. The summed E-state index contributed by atoms with van der Waals surface area (Å²) in [6, 6.07) is 6.11. The van der Waals surface area contributed by atoms with Gasteiger partial charge in [-0.05, 0) is 88.6 Å². The maximum absolute atomic E-state index is 15.4. The number of likely N-dealkylation sites (tertiary alicyclic amines) is 2. The second kappa shape index (κ2) is 20.8. The second-order valence-electron chi connectivity index (χ2n) is 16.5. The molecular formula is C44H59F4N9O4. The topological polar surface area (TPSA) is 156 Å². The summed E-state index contributed by atoms with van der Waals surface area (Å²) in [4.78, 5) is 61.2. The lowest BCUT2D eigenvalue weighted by atomic mass is 9.83. The Labute approximate surface area is 353 Å². The summed E-state index contributed by atoms with van der Waals surface area (Å²) in [5.41, 5.74) is 2.49. The minimum Gasteiger partial charge on any atom is -0.352 e. The number of aromatic amines is 1. The quantitative estimate of drug-likeness (QED) is 0.0861. The Morgan fingerprint density at radius 2 is 1.57 bits per heavy atom. The number of aldehydes is 1. The molecule has 0 radical (unpaired) electrons. The van der Waals surface area contributed by atoms with Crippen molar-refractivity contribution in [3.8, 4) is 11.5 Å². The van der Waals surface area contributed by atoms with E-state index in [1.807, 2.05) is 4.57 Å². The van der Waals surface area contributed by atoms with E-state index in [9.17, 15) is 28.0 Å². The average Bonchev–Trinajstić information content (AvgIpc) is 4.00. The molecule has 3 fully saturated rings. The predicted octanol–water partition coefficient (Wildman–Crippen LogP) is 4.57. The number of imidazole rings is 1. The molecule has 1 aliphatic carbocycles. The molecule has 0 spiro atoms. The van der Waals surface area contributed by atoms with Crippen LogP contribution >= 0.6 is 0 Å². The smallest absolute Gasteiger partial charge is 0.245 e. The van der Waals surface area contributed by atoms with Crippen LogP contribution in [0.25, 0.3) is 33.5 Å². The Kier molecular flexibility index (Phi) is 15.6. The molecule has 2 aliphatic heterocycles. The number of nitrogens with one attached hydrogen (secondary N) is 5. The molecule has 3 aliphatic rings. The third-order valence-corrected chi connectivity index (χ3v) is 12.3. The highest BCUT2D eigenvalue weighted by molar-refractivity contribution is 5.92. The molecule has 2 saturated heterocycles. The number of fused-ring (bicyclic) bond motifs is 2. The molecule has 7 rings (SSSR count). The third kappa shape index (κ3) is 10.4. The Morgan fingerprint density at radius 3 is 2.21 bits per heavy atom. The van der Waals surface area contributed by atoms with Gasteiger partial charge in [0.1, 0.15) is 36.3 Å². The molecule has 17 heteroatoms. The van der Waals surface area contributed by atoms with Crippen LogP contribution in [0.15, 0.2) is 36.4 Å². The largest absolute Gasteiger partial charge is 0.352 e. The van der Waals surface area contributed by atoms with E-state index in [0.717, 1.165) is 38.4 Å². The van der Waals surface area contributed by atoms with Crippen LogP contribution in [0.4, 0.5) is 17.6 Å². The Morgan fingerprint density at radius 1 is 0.902 bits per heavy atom. The minimum absolute atomic E-state index is 0.0198. The van der Waals surface area contributed by atoms with Crippen LogP contribution in [0.2, 0.25) is 0 Å². The molecule has 4 aromatic rings. The maximum Gasteiger partial charge on any atom is 0.245 e. The summed E-state index contributed by atoms with van der Waals surface area (Å²) < 4.78 is 62.0. The van der Waals surface area contributed by atoms with Crippen molar-refractivity contribution in [1.82, 2.24) is 45.6 Å². The van der Waals surface area contributed by atoms with Crippen LogP contribution < -0.4 is 21.3 Å². The van der Waals surface area contributed by atoms with Crippen molar-refractivity contribution in [3.63, 3.8) is 0 Å². The first kappa shape index (κ1) is 45.7. The van der Waals surface area contributed by atoms with E-state index >= 15 is 8.78 Å². The van der Waals surface area contributed by atoms with Gasteiger partial charge >= 0.3 is 0 Å². The Balaban J connectivity index is 0.00000118. The lowest BCUT2D eigenvalue weighted by Crippen LogP contribution is -2.52. The summed E-state index contributed by atoms with van der Waals surface area (Å²) in [5.74, 6) is -1.35. The second-order valence-corrected chi connectivity index (χ2v) is 16.5. The van der Waals surface area contributed by atoms with E-state index in [4.69, 9.17) is 4.98 Å². The van der Waals surface area contributed by atoms with Gasteiger partial charge in [0.15, 0.2) is 5.82 Å². The molecule has 2 aromatic carbocycles. The number of hydrogen-bond donors (Lipinski definition) is 5. The highest BCUT2D eigenvalue weighted by Crippen LogP contribution is 2.38. The fourth-order valence-corrected chi connectivity index (χ4v) is 9.42. The zero-order valence-corrected chi connectivity index (χ0v) is 35.4. The molecule has 13 nitrogen and oxygen atoms in total. The van der Waals surface area contributed by atoms with Gasteiger partial charge in [-0.1, -0.05) is 26.2 Å². The summed E-state index contributed by atoms with van der Waals surface area (Å²) in [7, 11) is 5.13. The maximum atomic E-state index is 15.4. The molecular weight excluding hydrogens is 795 g/mol. The third-order valence-electron chi connectivity index (χ3n) is 12.3. The van der Waals surface area contributed by atoms with Crippen LogP contribution in [-0.2, 0) is 32.1 Å². The number of halogens is 4. The SMILES string of the molecule is CCC(NC(=O)CNC)C(=O)N1CC(F)CC1Cn1c(-c2[nH]c3cc(F)ccc3c2CC2CC(F)CN2C(=O)C(NC)C2CCCCC2)nc2cc(F)ccc21.CNCC=O. The van der Waals surface area contributed by atoms with E-state index in [2.05, 4.69) is 26.3 Å². The molecule has 3 amide bonds. The molecule has 61 heavy (non-hydrogen) atoms. The summed E-state index contributed by atoms with van der Waals surface area (Å²) in [6.45, 7) is 2.16. The van der Waals surface area contributed by atoms with Crippen molar-refractivity contribution < 1.29 is 36.7 Å². The number of carbonyl (C=O) groups is 4. The van der Waals surface area contributed by atoms with Crippen LogP contribution in [0.1, 0.15) is 63.9 Å². The number of alkyl halides is 2. The van der Waals surface area contributed by atoms with Gasteiger partial charge in [0.25, 0.3) is 0 Å². The van der Waals surface area contributed by atoms with Gasteiger partial charge in [-0.25, -0.2) is 22.5 Å². The zero-order chi connectivity index (χ0) is 43.8. The Bertz CT molecular complexity index is 2160. The fraction of sp³-hybridized carbons (Fsp3) is 0.568. The lowest BCUT2D eigenvalue weighted by molar-refractivity contribution is -0.137. The number of carbonyl (C=O) groups excluding carboxylic acids is 4. The van der Waals surface area contributed by atoms with Crippen molar-refractivity contribution in [2.24, 2.45) is 5.92 Å². The first-order valence-electron chi connectivity index (χ1n) is 21.5. The van der Waals surface area contributed by atoms with Crippen LogP contribution in [0.5, 0.6) is 0 Å². The number of hydrogen-bond acceptors (Lipinski definition) is 8. The number of aromatic nitrogens is 3. The van der Waals surface area contributed by atoms with Crippen molar-refractivity contribution in [3.05, 3.63) is 53.6 Å². The number of amides is 3. The van der Waals surface area contributed by atoms with Crippen LogP contribution in [0, 0.1) is 17.6 Å². The Hall–Kier alpha value is -4.87. The molecule has 332 valence electrons. The summed E-state index contributed by atoms with van der Waals surface area (Å²) in [6.07, 6.45) is 4.08. The van der Waals surface area contributed by atoms with E-state index < -0.39 is 54.1 Å². The summed E-state index contributed by atoms with van der Waals surface area (Å²) in [5, 5.41) is 12.1. The minimum atomic E-state index is -1.31. The molecule has 6 atom stereocenters. The standard InChI is InChI=1S/C41H52F4N8O3.C3H7NO/c1-4-32(48-36(54)19-46-2)40(55)52-21-27(45)15-29(52)22-53-35-13-11-25(43)17-34(35)50-39(53)38-31(30-12-10-24(42)16-33(30)49-38)18-28-14-26(44)20-51(28)41(56)37(47-3)23-8-6-5-7-9-23;1-4-2-3-5/h10-13,16-17,23,26-29,32,37,46-47,49H,4-9,14-15,18-22H2,1-3H3,(H,48,54);3-4H,2H2,1H3. The van der Waals surface area contributed by atoms with Crippen LogP contribution in [0.3, 0.4) is 0 Å². The normalized spacial score (nSPS) is 21.7. The van der Waals surface area contributed by atoms with E-state index in [0.29, 0.717) is 52.0 Å². The van der Waals surface area contributed by atoms with Gasteiger partial charge in [0.05, 0.1) is 55.0 Å². The number of benzene rings is 2. The van der Waals surface area contributed by atoms with E-state index in [1.165, 1.54) is 29.2 Å². The number of nitrogens with zero attached hydrogens (tertiary/aromatic N) is 4. The van der Waals surface area contributed by atoms with E-state index in [-0.39, 0.29) is 63.2 Å². The highest BCUT2D eigenvalue weighted by atomic mass is 19.1.